The van der Waals surface area contributed by atoms with Gasteiger partial charge in [-0.05, 0) is 30.4 Å². The van der Waals surface area contributed by atoms with E-state index in [0.717, 1.165) is 23.8 Å². The number of nitrogens with zero attached hydrogens (tertiary/aromatic N) is 3. The monoisotopic (exact) mass is 397 g/mol. The van der Waals surface area contributed by atoms with E-state index in [9.17, 15) is 14.4 Å². The standard InChI is InChI=1S/C21H24FN5O2/c1-2-18(28)27-11-15(22)7-16(12-27)26-20-14(8-23)9-24-21-19(20)17(10-25-21)13-3-5-29-6-4-13/h2,9-10,13,15-16H,1,3-7,11-12H2,(H2,24,25,26)/t15-,16-/m1/s1. The van der Waals surface area contributed by atoms with Crippen LogP contribution in [-0.4, -0.2) is 59.3 Å². The zero-order chi connectivity index (χ0) is 20.4. The van der Waals surface area contributed by atoms with Gasteiger partial charge >= 0.3 is 0 Å². The summed E-state index contributed by atoms with van der Waals surface area (Å²) >= 11 is 0. The van der Waals surface area contributed by atoms with Gasteiger partial charge in [-0.2, -0.15) is 5.26 Å². The van der Waals surface area contributed by atoms with Gasteiger partial charge in [0.05, 0.1) is 17.8 Å². The molecule has 0 saturated carbocycles. The average molecular weight is 397 g/mol. The number of aromatic nitrogens is 2. The highest BCUT2D eigenvalue weighted by atomic mass is 19.1. The molecule has 0 radical (unpaired) electrons. The molecule has 2 atom stereocenters. The summed E-state index contributed by atoms with van der Waals surface area (Å²) < 4.78 is 19.8. The van der Waals surface area contributed by atoms with Crippen molar-refractivity contribution in [3.8, 4) is 6.07 Å². The molecule has 2 fully saturated rings. The Morgan fingerprint density at radius 1 is 1.45 bits per heavy atom. The highest BCUT2D eigenvalue weighted by Gasteiger charge is 2.31. The number of aromatic amines is 1. The molecule has 152 valence electrons. The third-order valence-electron chi connectivity index (χ3n) is 5.75. The van der Waals surface area contributed by atoms with Gasteiger partial charge in [-0.3, -0.25) is 4.79 Å². The number of nitriles is 1. The number of halogens is 1. The molecule has 2 aliphatic rings. The van der Waals surface area contributed by atoms with Crippen LogP contribution in [0, 0.1) is 11.3 Å². The number of fused-ring (bicyclic) bond motifs is 1. The minimum atomic E-state index is -1.13. The predicted octanol–water partition coefficient (Wildman–Crippen LogP) is 2.87. The number of hydrogen-bond donors (Lipinski definition) is 2. The topological polar surface area (TPSA) is 94.0 Å². The van der Waals surface area contributed by atoms with Crippen molar-refractivity contribution in [2.75, 3.05) is 31.6 Å². The van der Waals surface area contributed by atoms with E-state index in [-0.39, 0.29) is 24.9 Å². The van der Waals surface area contributed by atoms with Crippen LogP contribution in [0.1, 0.15) is 36.3 Å². The fourth-order valence-electron chi connectivity index (χ4n) is 4.34. The summed E-state index contributed by atoms with van der Waals surface area (Å²) in [5.74, 6) is 0.0250. The van der Waals surface area contributed by atoms with Crippen molar-refractivity contribution in [1.82, 2.24) is 14.9 Å². The molecule has 2 aromatic rings. The molecule has 2 N–H and O–H groups in total. The molecule has 4 rings (SSSR count). The van der Waals surface area contributed by atoms with Crippen LogP contribution in [-0.2, 0) is 9.53 Å². The molecule has 2 aliphatic heterocycles. The number of pyridine rings is 1. The van der Waals surface area contributed by atoms with Gasteiger partial charge in [0.1, 0.15) is 17.9 Å². The highest BCUT2D eigenvalue weighted by Crippen LogP contribution is 2.37. The zero-order valence-electron chi connectivity index (χ0n) is 16.2. The highest BCUT2D eigenvalue weighted by molar-refractivity contribution is 5.96. The molecular weight excluding hydrogens is 373 g/mol. The first-order valence-electron chi connectivity index (χ1n) is 9.90. The van der Waals surface area contributed by atoms with Crippen LogP contribution < -0.4 is 5.32 Å². The molecule has 29 heavy (non-hydrogen) atoms. The molecule has 0 bridgehead atoms. The van der Waals surface area contributed by atoms with E-state index in [2.05, 4.69) is 27.9 Å². The zero-order valence-corrected chi connectivity index (χ0v) is 16.2. The van der Waals surface area contributed by atoms with Crippen LogP contribution in [0.3, 0.4) is 0 Å². The number of alkyl halides is 1. The maximum Gasteiger partial charge on any atom is 0.246 e. The first-order valence-corrected chi connectivity index (χ1v) is 9.90. The van der Waals surface area contributed by atoms with E-state index in [1.165, 1.54) is 17.2 Å². The Bertz CT molecular complexity index is 960. The number of anilines is 1. The number of carbonyl (C=O) groups excluding carboxylic acids is 1. The first-order chi connectivity index (χ1) is 14.1. The number of piperidine rings is 1. The summed E-state index contributed by atoms with van der Waals surface area (Å²) in [6.07, 6.45) is 5.63. The van der Waals surface area contributed by atoms with E-state index < -0.39 is 6.17 Å². The largest absolute Gasteiger partial charge is 0.381 e. The Morgan fingerprint density at radius 2 is 2.24 bits per heavy atom. The quantitative estimate of drug-likeness (QED) is 0.774. The van der Waals surface area contributed by atoms with Crippen molar-refractivity contribution in [2.45, 2.75) is 37.4 Å². The Balaban J connectivity index is 1.70. The molecule has 2 saturated heterocycles. The van der Waals surface area contributed by atoms with E-state index in [1.54, 1.807) is 0 Å². The van der Waals surface area contributed by atoms with Crippen molar-refractivity contribution in [2.24, 2.45) is 0 Å². The summed E-state index contributed by atoms with van der Waals surface area (Å²) in [7, 11) is 0. The third kappa shape index (κ3) is 3.83. The lowest BCUT2D eigenvalue weighted by molar-refractivity contribution is -0.128. The Hall–Kier alpha value is -2.92. The van der Waals surface area contributed by atoms with Gasteiger partial charge in [0.25, 0.3) is 0 Å². The van der Waals surface area contributed by atoms with Crippen molar-refractivity contribution in [3.63, 3.8) is 0 Å². The maximum absolute atomic E-state index is 14.3. The molecule has 7 nitrogen and oxygen atoms in total. The second-order valence-electron chi connectivity index (χ2n) is 7.63. The number of hydrogen-bond acceptors (Lipinski definition) is 5. The van der Waals surface area contributed by atoms with Gasteiger partial charge in [0.2, 0.25) is 5.91 Å². The van der Waals surface area contributed by atoms with E-state index in [1.807, 2.05) is 6.20 Å². The summed E-state index contributed by atoms with van der Waals surface area (Å²) in [5, 5.41) is 13.9. The lowest BCUT2D eigenvalue weighted by atomic mass is 9.90. The fraction of sp³-hybridized carbons (Fsp3) is 0.476. The summed E-state index contributed by atoms with van der Waals surface area (Å²) in [5.41, 5.74) is 2.86. The van der Waals surface area contributed by atoms with Crippen molar-refractivity contribution in [3.05, 3.63) is 36.2 Å². The maximum atomic E-state index is 14.3. The van der Waals surface area contributed by atoms with E-state index >= 15 is 0 Å². The Morgan fingerprint density at radius 3 is 2.97 bits per heavy atom. The fourth-order valence-corrected chi connectivity index (χ4v) is 4.34. The minimum Gasteiger partial charge on any atom is -0.381 e. The number of carbonyl (C=O) groups is 1. The van der Waals surface area contributed by atoms with Crippen LogP contribution in [0.5, 0.6) is 0 Å². The van der Waals surface area contributed by atoms with Crippen LogP contribution in [0.4, 0.5) is 10.1 Å². The van der Waals surface area contributed by atoms with Crippen LogP contribution >= 0.6 is 0 Å². The average Bonchev–Trinajstić information content (AvgIpc) is 3.18. The van der Waals surface area contributed by atoms with Crippen molar-refractivity contribution >= 4 is 22.6 Å². The summed E-state index contributed by atoms with van der Waals surface area (Å²) in [4.78, 5) is 21.1. The number of ether oxygens (including phenoxy) is 1. The lowest BCUT2D eigenvalue weighted by Crippen LogP contribution is -2.49. The Kier molecular flexibility index (Phi) is 5.49. The van der Waals surface area contributed by atoms with Gasteiger partial charge in [-0.25, -0.2) is 9.37 Å². The SMILES string of the molecule is C=CC(=O)N1C[C@H](F)C[C@@H](Nc2c(C#N)cnc3[nH]cc(C4CCOCC4)c23)C1. The smallest absolute Gasteiger partial charge is 0.246 e. The molecule has 2 aromatic heterocycles. The number of likely N-dealkylation sites (tertiary alicyclic amines) is 1. The minimum absolute atomic E-state index is 0.0668. The molecule has 4 heterocycles. The number of H-pyrrole nitrogens is 1. The third-order valence-corrected chi connectivity index (χ3v) is 5.75. The van der Waals surface area contributed by atoms with E-state index in [0.29, 0.717) is 42.6 Å². The van der Waals surface area contributed by atoms with Gasteiger partial charge in [-0.1, -0.05) is 6.58 Å². The molecule has 8 heteroatoms. The molecule has 0 unspecified atom stereocenters. The van der Waals surface area contributed by atoms with Gasteiger partial charge in [-0.15, -0.1) is 0 Å². The number of nitrogens with one attached hydrogen (secondary N) is 2. The predicted molar refractivity (Wildman–Crippen MR) is 107 cm³/mol. The van der Waals surface area contributed by atoms with Gasteiger partial charge in [0, 0.05) is 50.0 Å². The van der Waals surface area contributed by atoms with Crippen LogP contribution in [0.15, 0.2) is 25.0 Å². The van der Waals surface area contributed by atoms with Crippen LogP contribution in [0.25, 0.3) is 11.0 Å². The summed E-state index contributed by atoms with van der Waals surface area (Å²) in [6.45, 7) is 5.33. The first kappa shape index (κ1) is 19.4. The van der Waals surface area contributed by atoms with Gasteiger partial charge < -0.3 is 19.9 Å². The normalized spacial score (nSPS) is 23.0. The van der Waals surface area contributed by atoms with Crippen molar-refractivity contribution in [1.29, 1.82) is 5.26 Å². The second-order valence-corrected chi connectivity index (χ2v) is 7.63. The molecular formula is C21H24FN5O2. The molecule has 0 aromatic carbocycles. The molecule has 0 aliphatic carbocycles. The number of amides is 1. The van der Waals surface area contributed by atoms with E-state index in [4.69, 9.17) is 4.74 Å². The van der Waals surface area contributed by atoms with Crippen LogP contribution in [0.2, 0.25) is 0 Å². The molecule has 0 spiro atoms. The lowest BCUT2D eigenvalue weighted by Gasteiger charge is -2.35. The summed E-state index contributed by atoms with van der Waals surface area (Å²) in [6, 6.07) is 1.89. The number of rotatable bonds is 4. The molecule has 1 amide bonds. The van der Waals surface area contributed by atoms with Crippen molar-refractivity contribution < 1.29 is 13.9 Å². The Labute approximate surface area is 168 Å². The van der Waals surface area contributed by atoms with Gasteiger partial charge in [0.15, 0.2) is 0 Å². The second kappa shape index (κ2) is 8.21.